The van der Waals surface area contributed by atoms with Crippen LogP contribution in [0.5, 0.6) is 0 Å². The van der Waals surface area contributed by atoms with Crippen LogP contribution in [0, 0.1) is 0 Å². The fourth-order valence-corrected chi connectivity index (χ4v) is 0.570. The Morgan fingerprint density at radius 3 is 2.00 bits per heavy atom. The van der Waals surface area contributed by atoms with Crippen molar-refractivity contribution in [3.63, 3.8) is 0 Å². The van der Waals surface area contributed by atoms with Crippen LogP contribution in [0.1, 0.15) is 13.8 Å². The van der Waals surface area contributed by atoms with Crippen molar-refractivity contribution in [2.75, 3.05) is 6.61 Å². The number of epoxide rings is 1. The Hall–Kier alpha value is 0.540. The van der Waals surface area contributed by atoms with Crippen molar-refractivity contribution < 1.29 is 4.74 Å². The van der Waals surface area contributed by atoms with Gasteiger partial charge < -0.3 is 4.74 Å². The van der Waals surface area contributed by atoms with Crippen LogP contribution in [0.3, 0.4) is 0 Å². The van der Waals surface area contributed by atoms with Gasteiger partial charge in [-0.25, -0.2) is 0 Å². The van der Waals surface area contributed by atoms with E-state index in [1.165, 1.54) is 0 Å². The average molecular weight is 155 g/mol. The van der Waals surface area contributed by atoms with E-state index in [4.69, 9.17) is 27.9 Å². The maximum Gasteiger partial charge on any atom is 0.183 e. The minimum atomic E-state index is -0.575. The highest BCUT2D eigenvalue weighted by Crippen LogP contribution is 2.45. The Balaban J connectivity index is 2.58. The van der Waals surface area contributed by atoms with E-state index in [-0.39, 0.29) is 0 Å². The van der Waals surface area contributed by atoms with Crippen LogP contribution in [0.15, 0.2) is 0 Å². The van der Waals surface area contributed by atoms with E-state index in [0.717, 1.165) is 0 Å². The molecule has 1 saturated heterocycles. The molecule has 1 unspecified atom stereocenters. The van der Waals surface area contributed by atoms with Crippen molar-refractivity contribution in [3.8, 4) is 0 Å². The SMILES string of the molecule is CC(C)(Cl)C1(Cl)CO1. The van der Waals surface area contributed by atoms with Crippen LogP contribution >= 0.6 is 23.2 Å². The lowest BCUT2D eigenvalue weighted by atomic mass is 10.1. The zero-order valence-electron chi connectivity index (χ0n) is 4.87. The van der Waals surface area contributed by atoms with E-state index in [1.54, 1.807) is 0 Å². The summed E-state index contributed by atoms with van der Waals surface area (Å²) in [6.07, 6.45) is 0. The third-order valence-corrected chi connectivity index (χ3v) is 2.38. The summed E-state index contributed by atoms with van der Waals surface area (Å²) >= 11 is 11.6. The smallest absolute Gasteiger partial charge is 0.183 e. The molecule has 1 heterocycles. The number of rotatable bonds is 1. The molecule has 48 valence electrons. The first-order valence-electron chi connectivity index (χ1n) is 2.47. The second-order valence-corrected chi connectivity index (χ2v) is 4.05. The minimum Gasteiger partial charge on any atom is -0.351 e. The summed E-state index contributed by atoms with van der Waals surface area (Å²) in [5, 5.41) is -0.575. The van der Waals surface area contributed by atoms with Crippen molar-refractivity contribution in [1.29, 1.82) is 0 Å². The summed E-state index contributed by atoms with van der Waals surface area (Å²) < 4.78 is 4.89. The molecule has 1 nitrogen and oxygen atoms in total. The fraction of sp³-hybridized carbons (Fsp3) is 1.00. The number of hydrogen-bond donors (Lipinski definition) is 0. The van der Waals surface area contributed by atoms with Gasteiger partial charge in [0, 0.05) is 0 Å². The molecular weight excluding hydrogens is 147 g/mol. The highest BCUT2D eigenvalue weighted by Gasteiger charge is 2.54. The number of halogens is 2. The normalized spacial score (nSPS) is 37.5. The Labute approximate surface area is 58.9 Å². The Bertz CT molecular complexity index is 98.2. The summed E-state index contributed by atoms with van der Waals surface area (Å²) in [6.45, 7) is 4.26. The van der Waals surface area contributed by atoms with Crippen molar-refractivity contribution >= 4 is 23.2 Å². The van der Waals surface area contributed by atoms with Crippen molar-refractivity contribution in [1.82, 2.24) is 0 Å². The van der Waals surface area contributed by atoms with Crippen LogP contribution in [0.25, 0.3) is 0 Å². The van der Waals surface area contributed by atoms with Crippen LogP contribution in [0.2, 0.25) is 0 Å². The second-order valence-electron chi connectivity index (χ2n) is 2.49. The fourth-order valence-electron chi connectivity index (χ4n) is 0.407. The number of ether oxygens (including phenoxy) is 1. The van der Waals surface area contributed by atoms with Gasteiger partial charge >= 0.3 is 0 Å². The van der Waals surface area contributed by atoms with Gasteiger partial charge in [-0.3, -0.25) is 0 Å². The van der Waals surface area contributed by atoms with Gasteiger partial charge in [0.15, 0.2) is 5.06 Å². The van der Waals surface area contributed by atoms with E-state index < -0.39 is 9.93 Å². The highest BCUT2D eigenvalue weighted by molar-refractivity contribution is 6.34. The van der Waals surface area contributed by atoms with Crippen molar-refractivity contribution in [2.24, 2.45) is 0 Å². The van der Waals surface area contributed by atoms with Crippen LogP contribution in [-0.4, -0.2) is 16.5 Å². The summed E-state index contributed by atoms with van der Waals surface area (Å²) in [4.78, 5) is -0.436. The Morgan fingerprint density at radius 2 is 2.00 bits per heavy atom. The lowest BCUT2D eigenvalue weighted by Gasteiger charge is -2.17. The standard InChI is InChI=1S/C5H8Cl2O/c1-4(2,6)5(7)3-8-5/h3H2,1-2H3. The molecule has 8 heavy (non-hydrogen) atoms. The average Bonchev–Trinajstić information content (AvgIpc) is 2.16. The summed E-state index contributed by atoms with van der Waals surface area (Å²) in [5.41, 5.74) is 0. The van der Waals surface area contributed by atoms with Crippen molar-refractivity contribution in [2.45, 2.75) is 23.8 Å². The molecular formula is C5H8Cl2O. The zero-order valence-corrected chi connectivity index (χ0v) is 6.38. The topological polar surface area (TPSA) is 12.5 Å². The molecule has 0 spiro atoms. The zero-order chi connectivity index (χ0) is 6.41. The molecule has 0 aromatic carbocycles. The first-order chi connectivity index (χ1) is 3.46. The largest absolute Gasteiger partial charge is 0.351 e. The number of alkyl halides is 2. The van der Waals surface area contributed by atoms with Gasteiger partial charge in [-0.05, 0) is 13.8 Å². The minimum absolute atomic E-state index is 0.436. The van der Waals surface area contributed by atoms with E-state index in [2.05, 4.69) is 0 Å². The Kier molecular flexibility index (Phi) is 1.27. The molecule has 1 fully saturated rings. The van der Waals surface area contributed by atoms with Crippen LogP contribution in [-0.2, 0) is 4.74 Å². The monoisotopic (exact) mass is 154 g/mol. The first kappa shape index (κ1) is 6.66. The molecule has 0 aliphatic carbocycles. The summed E-state index contributed by atoms with van der Waals surface area (Å²) in [6, 6.07) is 0. The molecule has 1 rings (SSSR count). The van der Waals surface area contributed by atoms with Gasteiger partial charge in [-0.15, -0.1) is 11.6 Å². The van der Waals surface area contributed by atoms with Crippen LogP contribution < -0.4 is 0 Å². The third-order valence-electron chi connectivity index (χ3n) is 1.29. The van der Waals surface area contributed by atoms with E-state index >= 15 is 0 Å². The predicted molar refractivity (Wildman–Crippen MR) is 34.5 cm³/mol. The molecule has 0 radical (unpaired) electrons. The van der Waals surface area contributed by atoms with Gasteiger partial charge in [0.05, 0.1) is 11.5 Å². The predicted octanol–water partition coefficient (Wildman–Crippen LogP) is 1.97. The summed E-state index contributed by atoms with van der Waals surface area (Å²) in [7, 11) is 0. The quantitative estimate of drug-likeness (QED) is 0.416. The van der Waals surface area contributed by atoms with Gasteiger partial charge in [-0.1, -0.05) is 11.6 Å². The van der Waals surface area contributed by atoms with E-state index in [9.17, 15) is 0 Å². The molecule has 0 N–H and O–H groups in total. The van der Waals surface area contributed by atoms with Gasteiger partial charge in [0.1, 0.15) is 0 Å². The second kappa shape index (κ2) is 1.53. The summed E-state index contributed by atoms with van der Waals surface area (Å²) in [5.74, 6) is 0. The molecule has 1 atom stereocenters. The molecule has 1 aliphatic rings. The molecule has 0 bridgehead atoms. The third kappa shape index (κ3) is 0.949. The molecule has 3 heteroatoms. The molecule has 0 saturated carbocycles. The van der Waals surface area contributed by atoms with Crippen LogP contribution in [0.4, 0.5) is 0 Å². The Morgan fingerprint density at radius 1 is 1.62 bits per heavy atom. The first-order valence-corrected chi connectivity index (χ1v) is 3.23. The van der Waals surface area contributed by atoms with Crippen molar-refractivity contribution in [3.05, 3.63) is 0 Å². The molecule has 0 aromatic rings. The molecule has 0 amide bonds. The number of hydrogen-bond acceptors (Lipinski definition) is 1. The van der Waals surface area contributed by atoms with Gasteiger partial charge in [0.25, 0.3) is 0 Å². The lowest BCUT2D eigenvalue weighted by Crippen LogP contribution is -2.28. The lowest BCUT2D eigenvalue weighted by molar-refractivity contribution is 0.337. The molecule has 1 aliphatic heterocycles. The highest BCUT2D eigenvalue weighted by atomic mass is 35.5. The van der Waals surface area contributed by atoms with E-state index in [1.807, 2.05) is 13.8 Å². The molecule has 0 aromatic heterocycles. The maximum absolute atomic E-state index is 5.81. The maximum atomic E-state index is 5.81. The van der Waals surface area contributed by atoms with E-state index in [0.29, 0.717) is 6.61 Å². The van der Waals surface area contributed by atoms with Gasteiger partial charge in [-0.2, -0.15) is 0 Å². The van der Waals surface area contributed by atoms with Gasteiger partial charge in [0.2, 0.25) is 0 Å².